The topological polar surface area (TPSA) is 78.5 Å². The Morgan fingerprint density at radius 2 is 1.77 bits per heavy atom. The number of nitrogens with one attached hydrogen (secondary N) is 2. The molecule has 1 aliphatic carbocycles. The number of ketones is 2. The Balaban J connectivity index is 1.35. The molecule has 2 aliphatic heterocycles. The number of hydrazine groups is 1. The molecule has 2 aromatic carbocycles. The average molecular weight is 405 g/mol. The minimum atomic E-state index is -0.412. The van der Waals surface area contributed by atoms with E-state index in [4.69, 9.17) is 0 Å². The van der Waals surface area contributed by atoms with E-state index in [2.05, 4.69) is 29.1 Å². The Morgan fingerprint density at radius 1 is 1.00 bits per heavy atom. The van der Waals surface area contributed by atoms with E-state index in [0.29, 0.717) is 19.5 Å². The molecule has 2 heterocycles. The van der Waals surface area contributed by atoms with E-state index in [0.717, 1.165) is 36.6 Å². The van der Waals surface area contributed by atoms with Crippen LogP contribution in [-0.4, -0.2) is 47.5 Å². The molecule has 1 amide bonds. The Morgan fingerprint density at radius 3 is 2.53 bits per heavy atom. The molecule has 0 spiro atoms. The second-order valence-electron chi connectivity index (χ2n) is 8.84. The van der Waals surface area contributed by atoms with Gasteiger partial charge in [0.2, 0.25) is 5.91 Å². The van der Waals surface area contributed by atoms with Gasteiger partial charge < -0.3 is 4.90 Å². The zero-order valence-electron chi connectivity index (χ0n) is 17.2. The fourth-order valence-electron chi connectivity index (χ4n) is 5.28. The molecule has 30 heavy (non-hydrogen) atoms. The highest BCUT2D eigenvalue weighted by Crippen LogP contribution is 2.34. The van der Waals surface area contributed by atoms with Crippen molar-refractivity contribution in [3.8, 4) is 0 Å². The lowest BCUT2D eigenvalue weighted by molar-refractivity contribution is -0.134. The number of hydrogen-bond donors (Lipinski definition) is 2. The summed E-state index contributed by atoms with van der Waals surface area (Å²) in [6.45, 7) is 2.64. The quantitative estimate of drug-likeness (QED) is 0.763. The van der Waals surface area contributed by atoms with Crippen LogP contribution in [0.5, 0.6) is 0 Å². The minimum Gasteiger partial charge on any atom is -0.341 e. The number of hydrogen-bond acceptors (Lipinski definition) is 5. The van der Waals surface area contributed by atoms with Crippen molar-refractivity contribution < 1.29 is 14.4 Å². The fourth-order valence-corrected chi connectivity index (χ4v) is 5.28. The van der Waals surface area contributed by atoms with Crippen LogP contribution in [0.2, 0.25) is 0 Å². The van der Waals surface area contributed by atoms with Gasteiger partial charge in [0.15, 0.2) is 5.78 Å². The number of carbonyl (C=O) groups excluding carboxylic acids is 3. The summed E-state index contributed by atoms with van der Waals surface area (Å²) in [7, 11) is 0. The molecule has 0 aromatic heterocycles. The second kappa shape index (κ2) is 7.60. The normalized spacial score (nSPS) is 25.6. The van der Waals surface area contributed by atoms with Gasteiger partial charge in [-0.3, -0.25) is 14.4 Å². The van der Waals surface area contributed by atoms with Crippen molar-refractivity contribution in [1.82, 2.24) is 15.8 Å². The summed E-state index contributed by atoms with van der Waals surface area (Å²) in [5.41, 5.74) is 9.31. The van der Waals surface area contributed by atoms with E-state index >= 15 is 0 Å². The molecule has 3 aliphatic rings. The molecule has 5 rings (SSSR count). The predicted octanol–water partition coefficient (Wildman–Crippen LogP) is 2.18. The van der Waals surface area contributed by atoms with Gasteiger partial charge in [-0.1, -0.05) is 30.3 Å². The number of carbonyl (C=O) groups is 3. The molecule has 6 nitrogen and oxygen atoms in total. The van der Waals surface area contributed by atoms with Gasteiger partial charge in [-0.25, -0.2) is 10.9 Å². The molecule has 156 valence electrons. The van der Waals surface area contributed by atoms with Gasteiger partial charge in [-0.05, 0) is 60.9 Å². The zero-order chi connectivity index (χ0) is 20.8. The molecule has 0 bridgehead atoms. The zero-order valence-corrected chi connectivity index (χ0v) is 17.2. The van der Waals surface area contributed by atoms with Crippen LogP contribution >= 0.6 is 0 Å². The summed E-state index contributed by atoms with van der Waals surface area (Å²) >= 11 is 0. The summed E-state index contributed by atoms with van der Waals surface area (Å²) in [6.07, 6.45) is 4.16. The summed E-state index contributed by atoms with van der Waals surface area (Å²) < 4.78 is 0. The number of likely N-dealkylation sites (tertiary alicyclic amines) is 1. The number of benzene rings is 2. The van der Waals surface area contributed by atoms with Crippen molar-refractivity contribution in [1.29, 1.82) is 0 Å². The third-order valence-corrected chi connectivity index (χ3v) is 6.94. The van der Waals surface area contributed by atoms with E-state index in [1.54, 1.807) is 4.90 Å². The third-order valence-electron chi connectivity index (χ3n) is 6.94. The molecule has 6 heteroatoms. The second-order valence-corrected chi connectivity index (χ2v) is 8.84. The van der Waals surface area contributed by atoms with Crippen LogP contribution in [0.3, 0.4) is 0 Å². The van der Waals surface area contributed by atoms with E-state index < -0.39 is 6.04 Å². The Labute approximate surface area is 176 Å². The molecule has 3 unspecified atom stereocenters. The standard InChI is InChI=1S/C24H27N3O3/c1-14(28)20-12-21(26-25-20)24(30)27-11-3-5-17(13-27)23(29)19-10-9-16-8-7-15-4-2-6-18(19)22(15)16/h2,4,6,9-10,17,20-21,25-26H,3,5,7-8,11-13H2,1H3. The number of amides is 1. The van der Waals surface area contributed by atoms with Crippen molar-refractivity contribution >= 4 is 28.2 Å². The molecule has 0 saturated carbocycles. The van der Waals surface area contributed by atoms with Gasteiger partial charge in [0.05, 0.1) is 6.04 Å². The van der Waals surface area contributed by atoms with E-state index in [-0.39, 0.29) is 29.4 Å². The van der Waals surface area contributed by atoms with Crippen LogP contribution < -0.4 is 10.9 Å². The van der Waals surface area contributed by atoms with Gasteiger partial charge in [-0.15, -0.1) is 0 Å². The Hall–Kier alpha value is -2.57. The van der Waals surface area contributed by atoms with Crippen molar-refractivity contribution in [2.45, 2.75) is 51.1 Å². The summed E-state index contributed by atoms with van der Waals surface area (Å²) in [5.74, 6) is -0.0398. The fraction of sp³-hybridized carbons (Fsp3) is 0.458. The highest BCUT2D eigenvalue weighted by molar-refractivity contribution is 6.11. The van der Waals surface area contributed by atoms with Crippen molar-refractivity contribution in [3.63, 3.8) is 0 Å². The summed E-state index contributed by atoms with van der Waals surface area (Å²) in [4.78, 5) is 39.8. The maximum atomic E-state index is 13.5. The molecule has 2 saturated heterocycles. The Kier molecular flexibility index (Phi) is 4.91. The van der Waals surface area contributed by atoms with Crippen LogP contribution in [0.25, 0.3) is 10.8 Å². The number of nitrogens with zero attached hydrogens (tertiary/aromatic N) is 1. The van der Waals surface area contributed by atoms with Gasteiger partial charge in [0, 0.05) is 24.6 Å². The average Bonchev–Trinajstić information content (AvgIpc) is 3.42. The Bertz CT molecular complexity index is 1040. The number of rotatable bonds is 4. The van der Waals surface area contributed by atoms with Crippen LogP contribution in [0, 0.1) is 5.92 Å². The lowest BCUT2D eigenvalue weighted by Gasteiger charge is -2.33. The van der Waals surface area contributed by atoms with E-state index in [9.17, 15) is 14.4 Å². The first-order valence-corrected chi connectivity index (χ1v) is 10.9. The highest BCUT2D eigenvalue weighted by Gasteiger charge is 2.37. The van der Waals surface area contributed by atoms with Crippen LogP contribution in [0.15, 0.2) is 30.3 Å². The first kappa shape index (κ1) is 19.4. The first-order valence-electron chi connectivity index (χ1n) is 10.9. The van der Waals surface area contributed by atoms with Crippen LogP contribution in [0.4, 0.5) is 0 Å². The monoisotopic (exact) mass is 405 g/mol. The van der Waals surface area contributed by atoms with Gasteiger partial charge in [-0.2, -0.15) is 0 Å². The molecular weight excluding hydrogens is 378 g/mol. The van der Waals surface area contributed by atoms with Gasteiger partial charge >= 0.3 is 0 Å². The molecule has 0 radical (unpaired) electrons. The van der Waals surface area contributed by atoms with Crippen LogP contribution in [-0.2, 0) is 22.4 Å². The maximum Gasteiger partial charge on any atom is 0.241 e. The number of aryl methyl sites for hydroxylation is 2. The number of Topliss-reactive ketones (excluding diaryl/α,β-unsaturated/α-hetero) is 2. The highest BCUT2D eigenvalue weighted by atomic mass is 16.2. The molecule has 2 fully saturated rings. The van der Waals surface area contributed by atoms with Crippen LogP contribution in [0.1, 0.15) is 47.7 Å². The van der Waals surface area contributed by atoms with Crippen molar-refractivity contribution in [3.05, 3.63) is 47.0 Å². The molecular formula is C24H27N3O3. The first-order chi connectivity index (χ1) is 14.5. The molecule has 2 N–H and O–H groups in total. The van der Waals surface area contributed by atoms with Crippen molar-refractivity contribution in [2.75, 3.05) is 13.1 Å². The largest absolute Gasteiger partial charge is 0.341 e. The minimum absolute atomic E-state index is 0.0239. The van der Waals surface area contributed by atoms with E-state index in [1.807, 2.05) is 12.1 Å². The lowest BCUT2D eigenvalue weighted by Crippen LogP contribution is -2.50. The van der Waals surface area contributed by atoms with E-state index in [1.165, 1.54) is 23.4 Å². The smallest absolute Gasteiger partial charge is 0.241 e. The lowest BCUT2D eigenvalue weighted by atomic mass is 9.87. The number of piperidine rings is 1. The molecule has 2 aromatic rings. The predicted molar refractivity (Wildman–Crippen MR) is 114 cm³/mol. The van der Waals surface area contributed by atoms with Gasteiger partial charge in [0.25, 0.3) is 0 Å². The van der Waals surface area contributed by atoms with Gasteiger partial charge in [0.1, 0.15) is 11.8 Å². The molecule has 3 atom stereocenters. The summed E-state index contributed by atoms with van der Waals surface area (Å²) in [6, 6.07) is 9.61. The third kappa shape index (κ3) is 3.24. The SMILES string of the molecule is CC(=O)C1CC(C(=O)N2CCCC(C(=O)c3ccc4c5c(cccc35)CC4)C2)NN1. The van der Waals surface area contributed by atoms with Crippen molar-refractivity contribution in [2.24, 2.45) is 5.92 Å². The summed E-state index contributed by atoms with van der Waals surface area (Å²) in [5, 5.41) is 2.31. The maximum absolute atomic E-state index is 13.5.